The molecule has 5 nitrogen and oxygen atoms in total. The summed E-state index contributed by atoms with van der Waals surface area (Å²) in [4.78, 5) is 32.2. The van der Waals surface area contributed by atoms with Crippen molar-refractivity contribution >= 4 is 52.2 Å². The van der Waals surface area contributed by atoms with Gasteiger partial charge in [-0.3, -0.25) is 9.59 Å². The molecule has 0 aliphatic rings. The molecule has 0 bridgehead atoms. The van der Waals surface area contributed by atoms with Crippen LogP contribution in [0.2, 0.25) is 5.02 Å². The molecule has 0 amide bonds. The van der Waals surface area contributed by atoms with Crippen LogP contribution in [0.3, 0.4) is 0 Å². The minimum atomic E-state index is -0.215. The van der Waals surface area contributed by atoms with Gasteiger partial charge in [0, 0.05) is 39.3 Å². The SMILES string of the molecule is O=C(/C=c1/[nH]c(=O)/c(=C/c2cc(-n3ccnc3)cs2)s1)c1ccc(Cl)cc1. The first-order valence-electron chi connectivity index (χ1n) is 7.88. The van der Waals surface area contributed by atoms with Crippen molar-refractivity contribution in [3.63, 3.8) is 0 Å². The van der Waals surface area contributed by atoms with Crippen molar-refractivity contribution in [1.82, 2.24) is 14.5 Å². The Morgan fingerprint density at radius 3 is 2.81 bits per heavy atom. The summed E-state index contributed by atoms with van der Waals surface area (Å²) in [6, 6.07) is 8.61. The van der Waals surface area contributed by atoms with Gasteiger partial charge in [0.1, 0.15) is 0 Å². The molecule has 4 aromatic rings. The second-order valence-electron chi connectivity index (χ2n) is 5.62. The van der Waals surface area contributed by atoms with E-state index < -0.39 is 0 Å². The van der Waals surface area contributed by atoms with Crippen LogP contribution in [0, 0.1) is 0 Å². The zero-order valence-corrected chi connectivity index (χ0v) is 16.1. The fraction of sp³-hybridized carbons (Fsp3) is 0. The van der Waals surface area contributed by atoms with Crippen LogP contribution in [0.4, 0.5) is 0 Å². The number of ketones is 1. The van der Waals surface area contributed by atoms with E-state index in [1.54, 1.807) is 36.8 Å². The highest BCUT2D eigenvalue weighted by molar-refractivity contribution is 7.11. The van der Waals surface area contributed by atoms with E-state index in [0.29, 0.717) is 19.8 Å². The van der Waals surface area contributed by atoms with Gasteiger partial charge >= 0.3 is 0 Å². The molecular weight excluding hydrogens is 402 g/mol. The van der Waals surface area contributed by atoms with E-state index in [4.69, 9.17) is 11.6 Å². The minimum absolute atomic E-state index is 0.186. The van der Waals surface area contributed by atoms with E-state index in [-0.39, 0.29) is 11.3 Å². The molecule has 8 heteroatoms. The number of aromatic nitrogens is 3. The van der Waals surface area contributed by atoms with Gasteiger partial charge in [0.05, 0.1) is 21.2 Å². The number of Topliss-reactive ketones (excluding diaryl/α,β-unsaturated/α-hetero) is 1. The monoisotopic (exact) mass is 413 g/mol. The van der Waals surface area contributed by atoms with Gasteiger partial charge in [-0.15, -0.1) is 22.7 Å². The van der Waals surface area contributed by atoms with E-state index in [9.17, 15) is 9.59 Å². The summed E-state index contributed by atoms with van der Waals surface area (Å²) in [5.74, 6) is -0.186. The van der Waals surface area contributed by atoms with Gasteiger partial charge in [0.25, 0.3) is 5.56 Å². The van der Waals surface area contributed by atoms with Crippen LogP contribution in [0.15, 0.2) is 59.2 Å². The van der Waals surface area contributed by atoms with Crippen LogP contribution >= 0.6 is 34.3 Å². The number of H-pyrrole nitrogens is 1. The number of hydrogen-bond donors (Lipinski definition) is 1. The van der Waals surface area contributed by atoms with Crippen LogP contribution in [0.5, 0.6) is 0 Å². The van der Waals surface area contributed by atoms with Crippen molar-refractivity contribution in [2.75, 3.05) is 0 Å². The van der Waals surface area contributed by atoms with Gasteiger partial charge in [0.15, 0.2) is 5.78 Å². The number of imidazole rings is 1. The predicted molar refractivity (Wildman–Crippen MR) is 109 cm³/mol. The summed E-state index contributed by atoms with van der Waals surface area (Å²) >= 11 is 8.62. The third kappa shape index (κ3) is 4.00. The second kappa shape index (κ2) is 7.48. The average Bonchev–Trinajstić information content (AvgIpc) is 3.38. The molecule has 1 aromatic carbocycles. The molecule has 0 saturated carbocycles. The first-order valence-corrected chi connectivity index (χ1v) is 9.95. The Bertz CT molecular complexity index is 1270. The maximum absolute atomic E-state index is 12.3. The van der Waals surface area contributed by atoms with Gasteiger partial charge in [-0.2, -0.15) is 0 Å². The summed E-state index contributed by atoms with van der Waals surface area (Å²) in [5, 5.41) is 2.56. The second-order valence-corrected chi connectivity index (χ2v) is 8.08. The fourth-order valence-corrected chi connectivity index (χ4v) is 4.33. The molecule has 0 aliphatic heterocycles. The Hall–Kier alpha value is -2.74. The van der Waals surface area contributed by atoms with Crippen molar-refractivity contribution in [2.45, 2.75) is 0 Å². The molecule has 134 valence electrons. The van der Waals surface area contributed by atoms with Crippen LogP contribution in [-0.2, 0) is 0 Å². The predicted octanol–water partition coefficient (Wildman–Crippen LogP) is 2.83. The summed E-state index contributed by atoms with van der Waals surface area (Å²) in [6.07, 6.45) is 8.54. The molecule has 1 N–H and O–H groups in total. The first-order chi connectivity index (χ1) is 13.1. The topological polar surface area (TPSA) is 67.8 Å². The maximum Gasteiger partial charge on any atom is 0.266 e. The van der Waals surface area contributed by atoms with E-state index in [1.165, 1.54) is 28.7 Å². The summed E-state index contributed by atoms with van der Waals surface area (Å²) in [6.45, 7) is 0. The van der Waals surface area contributed by atoms with Crippen LogP contribution in [0.25, 0.3) is 17.8 Å². The number of carbonyl (C=O) groups is 1. The largest absolute Gasteiger partial charge is 0.313 e. The molecule has 4 rings (SSSR count). The lowest BCUT2D eigenvalue weighted by Crippen LogP contribution is -2.19. The van der Waals surface area contributed by atoms with Crippen molar-refractivity contribution in [2.24, 2.45) is 0 Å². The van der Waals surface area contributed by atoms with Crippen molar-refractivity contribution in [1.29, 1.82) is 0 Å². The number of thiazole rings is 1. The van der Waals surface area contributed by atoms with E-state index in [2.05, 4.69) is 9.97 Å². The summed E-state index contributed by atoms with van der Waals surface area (Å²) in [5.41, 5.74) is 1.29. The molecular formula is C19H12ClN3O2S2. The molecule has 0 aliphatic carbocycles. The average molecular weight is 414 g/mol. The zero-order chi connectivity index (χ0) is 18.8. The smallest absolute Gasteiger partial charge is 0.266 e. The lowest BCUT2D eigenvalue weighted by Gasteiger charge is -1.94. The molecule has 0 atom stereocenters. The van der Waals surface area contributed by atoms with Crippen LogP contribution in [-0.4, -0.2) is 20.3 Å². The summed E-state index contributed by atoms with van der Waals surface area (Å²) < 4.78 is 2.96. The van der Waals surface area contributed by atoms with E-state index in [0.717, 1.165) is 10.6 Å². The van der Waals surface area contributed by atoms with Gasteiger partial charge < -0.3 is 9.55 Å². The lowest BCUT2D eigenvalue weighted by atomic mass is 10.1. The van der Waals surface area contributed by atoms with Gasteiger partial charge in [0.2, 0.25) is 0 Å². The highest BCUT2D eigenvalue weighted by atomic mass is 35.5. The number of thiophene rings is 1. The molecule has 0 spiro atoms. The zero-order valence-electron chi connectivity index (χ0n) is 13.8. The number of carbonyl (C=O) groups excluding carboxylic acids is 1. The number of hydrogen-bond acceptors (Lipinski definition) is 5. The number of nitrogens with zero attached hydrogens (tertiary/aromatic N) is 2. The van der Waals surface area contributed by atoms with E-state index in [1.807, 2.05) is 28.3 Å². The maximum atomic E-state index is 12.3. The van der Waals surface area contributed by atoms with Crippen molar-refractivity contribution < 1.29 is 4.79 Å². The Labute approximate surface area is 166 Å². The highest BCUT2D eigenvalue weighted by Gasteiger charge is 2.04. The number of nitrogens with one attached hydrogen (secondary N) is 1. The van der Waals surface area contributed by atoms with Crippen LogP contribution < -0.4 is 14.8 Å². The molecule has 0 unspecified atom stereocenters. The molecule has 3 aromatic heterocycles. The number of rotatable bonds is 4. The number of aromatic amines is 1. The minimum Gasteiger partial charge on any atom is -0.313 e. The van der Waals surface area contributed by atoms with Gasteiger partial charge in [-0.05, 0) is 36.4 Å². The summed E-state index contributed by atoms with van der Waals surface area (Å²) in [7, 11) is 0. The fourth-order valence-electron chi connectivity index (χ4n) is 2.44. The molecule has 3 heterocycles. The van der Waals surface area contributed by atoms with Gasteiger partial charge in [-0.1, -0.05) is 11.6 Å². The lowest BCUT2D eigenvalue weighted by molar-refractivity contribution is 0.106. The Kier molecular flexibility index (Phi) is 4.89. The third-order valence-electron chi connectivity index (χ3n) is 3.75. The third-order valence-corrected chi connectivity index (χ3v) is 5.84. The van der Waals surface area contributed by atoms with Gasteiger partial charge in [-0.25, -0.2) is 4.98 Å². The standard InChI is InChI=1S/C19H12ClN3O2S2/c20-13-3-1-12(2-4-13)16(24)9-18-22-19(25)17(27-18)8-15-7-14(10-26-15)23-6-5-21-11-23/h1-11H,(H,22,25)/b17-8-,18-9-. The van der Waals surface area contributed by atoms with Crippen molar-refractivity contribution in [3.05, 3.63) is 89.4 Å². The molecule has 0 fully saturated rings. The Morgan fingerprint density at radius 1 is 1.26 bits per heavy atom. The number of halogens is 1. The molecule has 0 saturated heterocycles. The molecule has 0 radical (unpaired) electrons. The first kappa shape index (κ1) is 17.7. The normalized spacial score (nSPS) is 12.6. The van der Waals surface area contributed by atoms with Crippen LogP contribution in [0.1, 0.15) is 15.2 Å². The Morgan fingerprint density at radius 2 is 2.07 bits per heavy atom. The highest BCUT2D eigenvalue weighted by Crippen LogP contribution is 2.18. The van der Waals surface area contributed by atoms with Crippen molar-refractivity contribution in [3.8, 4) is 5.69 Å². The quantitative estimate of drug-likeness (QED) is 0.523. The Balaban J connectivity index is 1.65. The number of benzene rings is 1. The molecule has 27 heavy (non-hydrogen) atoms. The van der Waals surface area contributed by atoms with E-state index >= 15 is 0 Å².